The van der Waals surface area contributed by atoms with Crippen molar-refractivity contribution in [2.75, 3.05) is 26.4 Å². The third-order valence-corrected chi connectivity index (χ3v) is 5.42. The normalized spacial score (nSPS) is 10.8. The molecule has 0 aliphatic carbocycles. The van der Waals surface area contributed by atoms with Crippen molar-refractivity contribution >= 4 is 35.1 Å². The zero-order valence-corrected chi connectivity index (χ0v) is 20.7. The first kappa shape index (κ1) is 25.7. The van der Waals surface area contributed by atoms with E-state index in [2.05, 4.69) is 17.3 Å². The molecule has 2 aromatic carbocycles. The van der Waals surface area contributed by atoms with E-state index in [1.54, 1.807) is 60.1 Å². The lowest BCUT2D eigenvalue weighted by molar-refractivity contribution is 0.0518. The molecule has 1 heterocycles. The minimum atomic E-state index is -0.536. The lowest BCUT2D eigenvalue weighted by Crippen LogP contribution is -2.25. The van der Waals surface area contributed by atoms with Gasteiger partial charge >= 0.3 is 5.97 Å². The molecule has 0 spiro atoms. The van der Waals surface area contributed by atoms with E-state index in [0.717, 1.165) is 19.4 Å². The molecule has 0 aliphatic heterocycles. The third kappa shape index (κ3) is 6.59. The van der Waals surface area contributed by atoms with Crippen LogP contribution >= 0.6 is 23.2 Å². The molecule has 3 rings (SSSR count). The van der Waals surface area contributed by atoms with Crippen LogP contribution in [0.4, 0.5) is 0 Å². The zero-order valence-electron chi connectivity index (χ0n) is 19.1. The summed E-state index contributed by atoms with van der Waals surface area (Å²) in [5.74, 6) is -0.706. The number of amides is 1. The second-order valence-corrected chi connectivity index (χ2v) is 8.28. The zero-order chi connectivity index (χ0) is 24.5. The number of halogens is 2. The fourth-order valence-corrected chi connectivity index (χ4v) is 3.76. The Morgan fingerprint density at radius 2 is 1.79 bits per heavy atom. The van der Waals surface area contributed by atoms with Crippen LogP contribution in [0.25, 0.3) is 16.9 Å². The highest BCUT2D eigenvalue weighted by molar-refractivity contribution is 6.36. The van der Waals surface area contributed by atoms with E-state index in [0.29, 0.717) is 45.7 Å². The van der Waals surface area contributed by atoms with Gasteiger partial charge in [-0.15, -0.1) is 0 Å². The number of hydrogen-bond donors (Lipinski definition) is 1. The maximum Gasteiger partial charge on any atom is 0.358 e. The average Bonchev–Trinajstić information content (AvgIpc) is 3.27. The van der Waals surface area contributed by atoms with Gasteiger partial charge in [0.05, 0.1) is 23.0 Å². The molecule has 0 fully saturated rings. The lowest BCUT2D eigenvalue weighted by atomic mass is 10.1. The first-order chi connectivity index (χ1) is 16.4. The summed E-state index contributed by atoms with van der Waals surface area (Å²) in [6.45, 7) is 5.89. The van der Waals surface area contributed by atoms with Crippen LogP contribution in [0.15, 0.2) is 48.5 Å². The van der Waals surface area contributed by atoms with Crippen molar-refractivity contribution in [1.82, 2.24) is 15.1 Å². The molecule has 3 aromatic rings. The summed E-state index contributed by atoms with van der Waals surface area (Å²) in [6.07, 6.45) is 1.72. The van der Waals surface area contributed by atoms with Crippen LogP contribution in [-0.4, -0.2) is 48.0 Å². The first-order valence-corrected chi connectivity index (χ1v) is 11.9. The molecule has 1 amide bonds. The average molecular weight is 504 g/mol. The maximum atomic E-state index is 12.4. The molecule has 9 heteroatoms. The number of nitrogens with zero attached hydrogens (tertiary/aromatic N) is 2. The van der Waals surface area contributed by atoms with Gasteiger partial charge in [0, 0.05) is 35.9 Å². The standard InChI is InChI=1S/C25H27Cl2N3O4/c1-3-13-33-14-5-12-28-24(31)17-6-9-19(10-7-17)30-23(16-22(29-30)25(32)34-4-2)20-11-8-18(26)15-21(20)27/h6-11,15-16H,3-5,12-14H2,1-2H3,(H,28,31). The Hall–Kier alpha value is -2.87. The number of esters is 1. The molecule has 0 saturated heterocycles. The minimum Gasteiger partial charge on any atom is -0.461 e. The van der Waals surface area contributed by atoms with Crippen molar-refractivity contribution in [3.05, 3.63) is 69.8 Å². The van der Waals surface area contributed by atoms with Crippen molar-refractivity contribution < 1.29 is 19.1 Å². The molecule has 0 radical (unpaired) electrons. The number of ether oxygens (including phenoxy) is 2. The Bertz CT molecular complexity index is 1130. The molecular formula is C25H27Cl2N3O4. The number of carbonyl (C=O) groups is 2. The van der Waals surface area contributed by atoms with Crippen LogP contribution in [0.5, 0.6) is 0 Å². The van der Waals surface area contributed by atoms with Gasteiger partial charge in [0.2, 0.25) is 0 Å². The molecule has 0 bridgehead atoms. The maximum absolute atomic E-state index is 12.4. The van der Waals surface area contributed by atoms with E-state index in [9.17, 15) is 9.59 Å². The highest BCUT2D eigenvalue weighted by Crippen LogP contribution is 2.32. The van der Waals surface area contributed by atoms with Gasteiger partial charge in [-0.2, -0.15) is 5.10 Å². The van der Waals surface area contributed by atoms with Crippen LogP contribution in [0.2, 0.25) is 10.0 Å². The predicted octanol–water partition coefficient (Wildman–Crippen LogP) is 5.57. The largest absolute Gasteiger partial charge is 0.461 e. The highest BCUT2D eigenvalue weighted by atomic mass is 35.5. The van der Waals surface area contributed by atoms with E-state index >= 15 is 0 Å². The summed E-state index contributed by atoms with van der Waals surface area (Å²) in [7, 11) is 0. The quantitative estimate of drug-likeness (QED) is 0.273. The predicted molar refractivity (Wildman–Crippen MR) is 133 cm³/mol. The topological polar surface area (TPSA) is 82.5 Å². The molecule has 0 aliphatic rings. The number of aromatic nitrogens is 2. The van der Waals surface area contributed by atoms with E-state index in [1.165, 1.54) is 0 Å². The number of hydrogen-bond acceptors (Lipinski definition) is 5. The molecule has 0 atom stereocenters. The molecule has 34 heavy (non-hydrogen) atoms. The number of benzene rings is 2. The Kier molecular flexibility index (Phi) is 9.51. The van der Waals surface area contributed by atoms with Crippen molar-refractivity contribution in [1.29, 1.82) is 0 Å². The Morgan fingerprint density at radius 1 is 1.03 bits per heavy atom. The summed E-state index contributed by atoms with van der Waals surface area (Å²) >= 11 is 12.5. The molecule has 7 nitrogen and oxygen atoms in total. The van der Waals surface area contributed by atoms with Crippen molar-refractivity contribution in [2.24, 2.45) is 0 Å². The van der Waals surface area contributed by atoms with E-state index < -0.39 is 5.97 Å². The van der Waals surface area contributed by atoms with Crippen LogP contribution in [0.1, 0.15) is 47.5 Å². The molecule has 1 aromatic heterocycles. The van der Waals surface area contributed by atoms with Crippen LogP contribution in [-0.2, 0) is 9.47 Å². The lowest BCUT2D eigenvalue weighted by Gasteiger charge is -2.10. The summed E-state index contributed by atoms with van der Waals surface area (Å²) < 4.78 is 12.1. The molecular weight excluding hydrogens is 477 g/mol. The van der Waals surface area contributed by atoms with Crippen LogP contribution in [0, 0.1) is 0 Å². The second-order valence-electron chi connectivity index (χ2n) is 7.44. The van der Waals surface area contributed by atoms with Gasteiger partial charge in [0.1, 0.15) is 0 Å². The van der Waals surface area contributed by atoms with Crippen LogP contribution < -0.4 is 5.32 Å². The molecule has 180 valence electrons. The van der Waals surface area contributed by atoms with Gasteiger partial charge in [-0.1, -0.05) is 30.1 Å². The Balaban J connectivity index is 1.82. The van der Waals surface area contributed by atoms with Gasteiger partial charge in [-0.25, -0.2) is 9.48 Å². The van der Waals surface area contributed by atoms with Crippen LogP contribution in [0.3, 0.4) is 0 Å². The second kappa shape index (κ2) is 12.6. The van der Waals surface area contributed by atoms with Crippen molar-refractivity contribution in [3.63, 3.8) is 0 Å². The van der Waals surface area contributed by atoms with Crippen molar-refractivity contribution in [2.45, 2.75) is 26.7 Å². The van der Waals surface area contributed by atoms with Gasteiger partial charge in [0.25, 0.3) is 5.91 Å². The first-order valence-electron chi connectivity index (χ1n) is 11.1. The van der Waals surface area contributed by atoms with Gasteiger partial charge < -0.3 is 14.8 Å². The highest BCUT2D eigenvalue weighted by Gasteiger charge is 2.19. The number of nitrogens with one attached hydrogen (secondary N) is 1. The fraction of sp³-hybridized carbons (Fsp3) is 0.320. The summed E-state index contributed by atoms with van der Waals surface area (Å²) in [5.41, 5.74) is 2.56. The number of carbonyl (C=O) groups excluding carboxylic acids is 2. The third-order valence-electron chi connectivity index (χ3n) is 4.87. The molecule has 1 N–H and O–H groups in total. The summed E-state index contributed by atoms with van der Waals surface area (Å²) in [5, 5.41) is 8.24. The fourth-order valence-electron chi connectivity index (χ4n) is 3.25. The van der Waals surface area contributed by atoms with E-state index in [-0.39, 0.29) is 18.2 Å². The summed E-state index contributed by atoms with van der Waals surface area (Å²) in [6, 6.07) is 13.6. The smallest absolute Gasteiger partial charge is 0.358 e. The minimum absolute atomic E-state index is 0.148. The van der Waals surface area contributed by atoms with E-state index in [1.807, 2.05) is 0 Å². The summed E-state index contributed by atoms with van der Waals surface area (Å²) in [4.78, 5) is 24.8. The van der Waals surface area contributed by atoms with Gasteiger partial charge in [-0.05, 0) is 68.3 Å². The van der Waals surface area contributed by atoms with Gasteiger partial charge in [-0.3, -0.25) is 4.79 Å². The Labute approximate surface area is 209 Å². The van der Waals surface area contributed by atoms with Crippen molar-refractivity contribution in [3.8, 4) is 16.9 Å². The SMILES string of the molecule is CCCOCCCNC(=O)c1ccc(-n2nc(C(=O)OCC)cc2-c2ccc(Cl)cc2Cl)cc1. The Morgan fingerprint density at radius 3 is 2.47 bits per heavy atom. The monoisotopic (exact) mass is 503 g/mol. The van der Waals surface area contributed by atoms with Gasteiger partial charge in [0.15, 0.2) is 5.69 Å². The molecule has 0 saturated carbocycles. The van der Waals surface area contributed by atoms with E-state index in [4.69, 9.17) is 32.7 Å². The number of rotatable bonds is 11. The molecule has 0 unspecified atom stereocenters.